The van der Waals surface area contributed by atoms with Gasteiger partial charge in [0.15, 0.2) is 0 Å². The standard InChI is InChI=1S/C15H27O2/c1-2-9-15(16)17-13-8-7-12-14-10-5-3-4-6-11-14/h14H,1-13H2. The highest BCUT2D eigenvalue weighted by atomic mass is 16.5. The zero-order chi connectivity index (χ0) is 12.3. The van der Waals surface area contributed by atoms with Crippen molar-refractivity contribution in [1.29, 1.82) is 0 Å². The number of carbonyl (C=O) groups excluding carboxylic acids is 1. The van der Waals surface area contributed by atoms with Crippen LogP contribution in [-0.2, 0) is 9.53 Å². The van der Waals surface area contributed by atoms with Crippen molar-refractivity contribution in [3.8, 4) is 0 Å². The van der Waals surface area contributed by atoms with Crippen molar-refractivity contribution in [2.75, 3.05) is 6.61 Å². The minimum Gasteiger partial charge on any atom is -0.466 e. The number of carbonyl (C=O) groups is 1. The maximum absolute atomic E-state index is 11.1. The minimum absolute atomic E-state index is 0.0885. The van der Waals surface area contributed by atoms with Gasteiger partial charge < -0.3 is 4.74 Å². The first-order chi connectivity index (χ1) is 8.33. The van der Waals surface area contributed by atoms with Crippen LogP contribution in [0.4, 0.5) is 0 Å². The lowest BCUT2D eigenvalue weighted by atomic mass is 9.94. The first-order valence-electron chi connectivity index (χ1n) is 7.28. The van der Waals surface area contributed by atoms with Crippen LogP contribution < -0.4 is 0 Å². The van der Waals surface area contributed by atoms with Crippen LogP contribution in [0, 0.1) is 12.8 Å². The average molecular weight is 239 g/mol. The van der Waals surface area contributed by atoms with Crippen LogP contribution >= 0.6 is 0 Å². The van der Waals surface area contributed by atoms with Gasteiger partial charge in [-0.25, -0.2) is 0 Å². The van der Waals surface area contributed by atoms with Gasteiger partial charge in [0, 0.05) is 6.42 Å². The molecule has 1 rings (SSSR count). The van der Waals surface area contributed by atoms with Crippen LogP contribution in [0.5, 0.6) is 0 Å². The largest absolute Gasteiger partial charge is 0.466 e. The van der Waals surface area contributed by atoms with E-state index in [9.17, 15) is 4.79 Å². The molecule has 2 nitrogen and oxygen atoms in total. The minimum atomic E-state index is -0.0885. The molecule has 0 aromatic carbocycles. The van der Waals surface area contributed by atoms with E-state index in [1.54, 1.807) is 0 Å². The van der Waals surface area contributed by atoms with Gasteiger partial charge in [-0.2, -0.15) is 0 Å². The Labute approximate surface area is 106 Å². The third-order valence-corrected chi connectivity index (χ3v) is 3.63. The number of rotatable bonds is 7. The van der Waals surface area contributed by atoms with Gasteiger partial charge in [0.1, 0.15) is 0 Å². The lowest BCUT2D eigenvalue weighted by molar-refractivity contribution is -0.143. The summed E-state index contributed by atoms with van der Waals surface area (Å²) >= 11 is 0. The molecule has 1 aliphatic carbocycles. The van der Waals surface area contributed by atoms with E-state index in [2.05, 4.69) is 6.92 Å². The lowest BCUT2D eigenvalue weighted by Crippen LogP contribution is -2.06. The second-order valence-electron chi connectivity index (χ2n) is 5.18. The van der Waals surface area contributed by atoms with E-state index in [1.807, 2.05) is 0 Å². The number of unbranched alkanes of at least 4 members (excludes halogenated alkanes) is 1. The molecule has 0 atom stereocenters. The first kappa shape index (κ1) is 14.5. The zero-order valence-corrected chi connectivity index (χ0v) is 11.1. The molecule has 0 aromatic heterocycles. The van der Waals surface area contributed by atoms with Gasteiger partial charge in [0.25, 0.3) is 0 Å². The highest BCUT2D eigenvalue weighted by molar-refractivity contribution is 5.69. The molecule has 99 valence electrons. The Bertz CT molecular complexity index is 193. The second kappa shape index (κ2) is 9.49. The molecule has 1 saturated carbocycles. The summed E-state index contributed by atoms with van der Waals surface area (Å²) in [6.45, 7) is 4.24. The van der Waals surface area contributed by atoms with Crippen LogP contribution in [0.15, 0.2) is 0 Å². The molecule has 0 aromatic rings. The quantitative estimate of drug-likeness (QED) is 0.376. The van der Waals surface area contributed by atoms with Crippen molar-refractivity contribution >= 4 is 5.97 Å². The Balaban J connectivity index is 1.94. The Hall–Kier alpha value is -0.530. The molecule has 0 N–H and O–H groups in total. The normalized spacial score (nSPS) is 17.7. The van der Waals surface area contributed by atoms with Crippen LogP contribution in [0.1, 0.15) is 70.6 Å². The van der Waals surface area contributed by atoms with Crippen LogP contribution in [0.25, 0.3) is 0 Å². The third-order valence-electron chi connectivity index (χ3n) is 3.63. The Morgan fingerprint density at radius 1 is 1.12 bits per heavy atom. The molecule has 0 unspecified atom stereocenters. The molecule has 1 aliphatic rings. The molecule has 17 heavy (non-hydrogen) atoms. The Morgan fingerprint density at radius 2 is 1.82 bits per heavy atom. The van der Waals surface area contributed by atoms with E-state index in [1.165, 1.54) is 51.4 Å². The molecule has 2 heteroatoms. The molecule has 0 amide bonds. The SMILES string of the molecule is [CH2]CCC(=O)OCCCCC1CCCCCC1. The summed E-state index contributed by atoms with van der Waals surface area (Å²) in [5.74, 6) is 0.850. The van der Waals surface area contributed by atoms with Crippen molar-refractivity contribution in [3.63, 3.8) is 0 Å². The van der Waals surface area contributed by atoms with E-state index in [0.717, 1.165) is 12.3 Å². The van der Waals surface area contributed by atoms with Crippen LogP contribution in [0.2, 0.25) is 0 Å². The fourth-order valence-electron chi connectivity index (χ4n) is 2.59. The van der Waals surface area contributed by atoms with E-state index in [0.29, 0.717) is 19.4 Å². The van der Waals surface area contributed by atoms with E-state index in [-0.39, 0.29) is 5.97 Å². The fourth-order valence-corrected chi connectivity index (χ4v) is 2.59. The van der Waals surface area contributed by atoms with E-state index >= 15 is 0 Å². The number of esters is 1. The number of ether oxygens (including phenoxy) is 1. The summed E-state index contributed by atoms with van der Waals surface area (Å²) in [6, 6.07) is 0. The van der Waals surface area contributed by atoms with Gasteiger partial charge in [0.2, 0.25) is 0 Å². The van der Waals surface area contributed by atoms with Crippen molar-refractivity contribution in [3.05, 3.63) is 6.92 Å². The molecular formula is C15H27O2. The number of hydrogen-bond donors (Lipinski definition) is 0. The predicted octanol–water partition coefficient (Wildman–Crippen LogP) is 4.28. The third kappa shape index (κ3) is 7.40. The summed E-state index contributed by atoms with van der Waals surface area (Å²) in [5, 5.41) is 0. The summed E-state index contributed by atoms with van der Waals surface area (Å²) in [6.07, 6.45) is 13.2. The van der Waals surface area contributed by atoms with Crippen LogP contribution in [0.3, 0.4) is 0 Å². The van der Waals surface area contributed by atoms with Gasteiger partial charge in [-0.05, 0) is 25.2 Å². The molecular weight excluding hydrogens is 212 g/mol. The summed E-state index contributed by atoms with van der Waals surface area (Å²) in [7, 11) is 0. The Morgan fingerprint density at radius 3 is 2.47 bits per heavy atom. The summed E-state index contributed by atoms with van der Waals surface area (Å²) in [4.78, 5) is 11.1. The van der Waals surface area contributed by atoms with Crippen LogP contribution in [-0.4, -0.2) is 12.6 Å². The van der Waals surface area contributed by atoms with Gasteiger partial charge in [-0.15, -0.1) is 0 Å². The van der Waals surface area contributed by atoms with E-state index in [4.69, 9.17) is 4.74 Å². The van der Waals surface area contributed by atoms with Gasteiger partial charge in [-0.1, -0.05) is 51.9 Å². The average Bonchev–Trinajstić information content (AvgIpc) is 2.57. The van der Waals surface area contributed by atoms with Gasteiger partial charge >= 0.3 is 5.97 Å². The van der Waals surface area contributed by atoms with Crippen molar-refractivity contribution in [2.24, 2.45) is 5.92 Å². The predicted molar refractivity (Wildman–Crippen MR) is 70.6 cm³/mol. The first-order valence-corrected chi connectivity index (χ1v) is 7.28. The molecule has 0 saturated heterocycles. The highest BCUT2D eigenvalue weighted by Crippen LogP contribution is 2.26. The molecule has 0 heterocycles. The van der Waals surface area contributed by atoms with E-state index < -0.39 is 0 Å². The monoisotopic (exact) mass is 239 g/mol. The van der Waals surface area contributed by atoms with Gasteiger partial charge in [0.05, 0.1) is 6.61 Å². The second-order valence-corrected chi connectivity index (χ2v) is 5.18. The van der Waals surface area contributed by atoms with Crippen molar-refractivity contribution < 1.29 is 9.53 Å². The van der Waals surface area contributed by atoms with Gasteiger partial charge in [-0.3, -0.25) is 4.79 Å². The maximum Gasteiger partial charge on any atom is 0.305 e. The van der Waals surface area contributed by atoms with Crippen molar-refractivity contribution in [2.45, 2.75) is 70.6 Å². The maximum atomic E-state index is 11.1. The lowest BCUT2D eigenvalue weighted by Gasteiger charge is -2.13. The fraction of sp³-hybridized carbons (Fsp3) is 0.867. The molecule has 1 fully saturated rings. The molecule has 0 bridgehead atoms. The van der Waals surface area contributed by atoms with Crippen molar-refractivity contribution in [1.82, 2.24) is 0 Å². The number of hydrogen-bond acceptors (Lipinski definition) is 2. The molecule has 0 spiro atoms. The molecule has 1 radical (unpaired) electrons. The topological polar surface area (TPSA) is 26.3 Å². The molecule has 0 aliphatic heterocycles. The summed E-state index contributed by atoms with van der Waals surface area (Å²) in [5.41, 5.74) is 0. The smallest absolute Gasteiger partial charge is 0.305 e. The highest BCUT2D eigenvalue weighted by Gasteiger charge is 2.11. The zero-order valence-electron chi connectivity index (χ0n) is 11.1. The summed E-state index contributed by atoms with van der Waals surface area (Å²) < 4.78 is 5.12. The Kier molecular flexibility index (Phi) is 8.12.